The van der Waals surface area contributed by atoms with Gasteiger partial charge in [-0.05, 0) is 79.5 Å². The maximum atomic E-state index is 5.51. The molecule has 0 heterocycles. The normalized spacial score (nSPS) is 14.4. The van der Waals surface area contributed by atoms with Crippen molar-refractivity contribution in [3.8, 4) is 0 Å². The molecule has 0 radical (unpaired) electrons. The fraction of sp³-hybridized carbons (Fsp3) is 0.771. The largest absolute Gasteiger partial charge is 0.272 e. The van der Waals surface area contributed by atoms with Crippen molar-refractivity contribution in [3.05, 3.63) is 48.2 Å². The van der Waals surface area contributed by atoms with Gasteiger partial charge in [0.15, 0.2) is 0 Å². The number of hydrogen-bond acceptors (Lipinski definition) is 1. The summed E-state index contributed by atoms with van der Waals surface area (Å²) in [6.07, 6.45) is 28.9. The van der Waals surface area contributed by atoms with Crippen LogP contribution in [0.2, 0.25) is 0 Å². The standard InChI is InChI=1S/C23H44NP.C12H22.Ti/c1-20(2)12-9-17-25(18-10-13-21(3)4,19-11-14-22(5)6)24-23-15-7-8-16-23;1-11(2,3)9-7-8-10-12(4,5)6;/h7-8,15,20-22H,9-14,16-19H2,1-6H3;7-10H,1-6H3;. The van der Waals surface area contributed by atoms with E-state index in [1.807, 2.05) is 0 Å². The van der Waals surface area contributed by atoms with Crippen molar-refractivity contribution >= 4 is 7.05 Å². The van der Waals surface area contributed by atoms with Gasteiger partial charge in [-0.2, -0.15) is 0 Å². The molecule has 38 heavy (non-hydrogen) atoms. The first-order valence-corrected chi connectivity index (χ1v) is 17.7. The molecule has 3 heteroatoms. The molecule has 0 saturated heterocycles. The van der Waals surface area contributed by atoms with Crippen molar-refractivity contribution in [2.75, 3.05) is 18.5 Å². The average molecular weight is 580 g/mol. The predicted molar refractivity (Wildman–Crippen MR) is 175 cm³/mol. The molecule has 0 bridgehead atoms. The van der Waals surface area contributed by atoms with E-state index in [9.17, 15) is 0 Å². The van der Waals surface area contributed by atoms with Crippen LogP contribution in [-0.2, 0) is 21.7 Å². The summed E-state index contributed by atoms with van der Waals surface area (Å²) in [6, 6.07) is 0. The summed E-state index contributed by atoms with van der Waals surface area (Å²) in [7, 11) is -1.20. The predicted octanol–water partition coefficient (Wildman–Crippen LogP) is 12.5. The minimum Gasteiger partial charge on any atom is -0.272 e. The van der Waals surface area contributed by atoms with Gasteiger partial charge in [0.1, 0.15) is 0 Å². The Morgan fingerprint density at radius 2 is 1.08 bits per heavy atom. The van der Waals surface area contributed by atoms with Gasteiger partial charge in [0, 0.05) is 33.8 Å². The van der Waals surface area contributed by atoms with E-state index in [0.29, 0.717) is 10.8 Å². The molecule has 0 aromatic carbocycles. The van der Waals surface area contributed by atoms with E-state index in [1.165, 1.54) is 62.7 Å². The van der Waals surface area contributed by atoms with Crippen LogP contribution in [-0.4, -0.2) is 18.5 Å². The number of allylic oxidation sites excluding steroid dienone is 7. The summed E-state index contributed by atoms with van der Waals surface area (Å²) in [5.41, 5.74) is 1.96. The van der Waals surface area contributed by atoms with E-state index in [0.717, 1.165) is 24.2 Å². The van der Waals surface area contributed by atoms with E-state index >= 15 is 0 Å². The molecule has 0 spiro atoms. The molecule has 0 aliphatic heterocycles. The first-order valence-electron chi connectivity index (χ1n) is 15.4. The van der Waals surface area contributed by atoms with E-state index in [4.69, 9.17) is 4.74 Å². The van der Waals surface area contributed by atoms with Crippen molar-refractivity contribution in [2.24, 2.45) is 33.3 Å². The van der Waals surface area contributed by atoms with Crippen molar-refractivity contribution in [2.45, 2.75) is 128 Å². The van der Waals surface area contributed by atoms with Gasteiger partial charge in [0.25, 0.3) is 0 Å². The molecule has 1 aliphatic carbocycles. The molecular formula is C35H66NPTi. The second-order valence-corrected chi connectivity index (χ2v) is 18.4. The van der Waals surface area contributed by atoms with Gasteiger partial charge >= 0.3 is 0 Å². The number of rotatable bonds is 14. The van der Waals surface area contributed by atoms with Crippen LogP contribution in [0.25, 0.3) is 0 Å². The maximum absolute atomic E-state index is 5.51. The molecule has 1 nitrogen and oxygen atoms in total. The van der Waals surface area contributed by atoms with Crippen LogP contribution in [0.5, 0.6) is 0 Å². The van der Waals surface area contributed by atoms with Crippen molar-refractivity contribution in [3.63, 3.8) is 0 Å². The molecule has 0 atom stereocenters. The molecule has 220 valence electrons. The molecular weight excluding hydrogens is 513 g/mol. The van der Waals surface area contributed by atoms with E-state index < -0.39 is 7.05 Å². The Hall–Kier alpha value is -0.0957. The summed E-state index contributed by atoms with van der Waals surface area (Å²) < 4.78 is 5.51. The minimum absolute atomic E-state index is 0. The van der Waals surface area contributed by atoms with Crippen LogP contribution < -0.4 is 0 Å². The Morgan fingerprint density at radius 1 is 0.711 bits per heavy atom. The zero-order valence-corrected chi connectivity index (χ0v) is 30.2. The summed E-state index contributed by atoms with van der Waals surface area (Å²) in [5.74, 6) is 2.46. The molecule has 1 rings (SSSR count). The van der Waals surface area contributed by atoms with Crippen LogP contribution in [0.4, 0.5) is 0 Å². The fourth-order valence-corrected chi connectivity index (χ4v) is 8.32. The zero-order chi connectivity index (χ0) is 28.5. The number of hydrogen-bond donors (Lipinski definition) is 0. The monoisotopic (exact) mass is 579 g/mol. The Kier molecular flexibility index (Phi) is 21.8. The van der Waals surface area contributed by atoms with Crippen molar-refractivity contribution in [1.82, 2.24) is 0 Å². The van der Waals surface area contributed by atoms with Crippen LogP contribution >= 0.6 is 7.05 Å². The van der Waals surface area contributed by atoms with Crippen LogP contribution in [0.3, 0.4) is 0 Å². The first-order chi connectivity index (χ1) is 17.0. The third-order valence-corrected chi connectivity index (χ3v) is 10.6. The van der Waals surface area contributed by atoms with Gasteiger partial charge in [0.2, 0.25) is 0 Å². The first kappa shape index (κ1) is 40.0. The van der Waals surface area contributed by atoms with Gasteiger partial charge in [-0.25, -0.2) is 0 Å². The zero-order valence-electron chi connectivity index (χ0n) is 27.7. The Labute approximate surface area is 255 Å². The molecule has 0 unspecified atom stereocenters. The minimum atomic E-state index is -1.20. The van der Waals surface area contributed by atoms with Gasteiger partial charge in [-0.1, -0.05) is 139 Å². The number of nitrogens with zero attached hydrogens (tertiary/aromatic N) is 1. The summed E-state index contributed by atoms with van der Waals surface area (Å²) >= 11 is 0. The van der Waals surface area contributed by atoms with Gasteiger partial charge in [0.05, 0.1) is 0 Å². The maximum Gasteiger partial charge on any atom is 0.0425 e. The van der Waals surface area contributed by atoms with Crippen LogP contribution in [0.1, 0.15) is 128 Å². The van der Waals surface area contributed by atoms with E-state index in [2.05, 4.69) is 126 Å². The third-order valence-electron chi connectivity index (χ3n) is 6.46. The molecule has 0 fully saturated rings. The average Bonchev–Trinajstić information content (AvgIpc) is 3.22. The molecule has 0 N–H and O–H groups in total. The Bertz CT molecular complexity index is 702. The smallest absolute Gasteiger partial charge is 0.0425 e. The van der Waals surface area contributed by atoms with Crippen molar-refractivity contribution < 1.29 is 21.7 Å². The Balaban J connectivity index is 0. The second kappa shape index (κ2) is 20.7. The van der Waals surface area contributed by atoms with Crippen LogP contribution in [0, 0.1) is 28.6 Å². The van der Waals surface area contributed by atoms with Crippen molar-refractivity contribution in [1.29, 1.82) is 0 Å². The summed E-state index contributed by atoms with van der Waals surface area (Å²) in [6.45, 7) is 27.4. The van der Waals surface area contributed by atoms with Gasteiger partial charge in [-0.3, -0.25) is 4.74 Å². The molecule has 0 amide bonds. The second-order valence-electron chi connectivity index (χ2n) is 14.7. The molecule has 0 aromatic heterocycles. The molecule has 0 saturated carbocycles. The van der Waals surface area contributed by atoms with E-state index in [-0.39, 0.29) is 21.7 Å². The quantitative estimate of drug-likeness (QED) is 0.110. The van der Waals surface area contributed by atoms with E-state index in [1.54, 1.807) is 0 Å². The summed E-state index contributed by atoms with van der Waals surface area (Å²) in [4.78, 5) is 0. The van der Waals surface area contributed by atoms with Crippen LogP contribution in [0.15, 0.2) is 53.0 Å². The molecule has 1 aliphatic rings. The fourth-order valence-electron chi connectivity index (χ4n) is 4.34. The topological polar surface area (TPSA) is 12.4 Å². The third kappa shape index (κ3) is 24.9. The van der Waals surface area contributed by atoms with Gasteiger partial charge < -0.3 is 0 Å². The Morgan fingerprint density at radius 3 is 1.34 bits per heavy atom. The summed E-state index contributed by atoms with van der Waals surface area (Å²) in [5, 5.41) is 0. The van der Waals surface area contributed by atoms with Gasteiger partial charge in [-0.15, -0.1) is 0 Å². The SMILES string of the molecule is CC(C)(C)C=CC=CC(C)(C)C.CC(C)CCCP(CCCC(C)C)(CCCC(C)C)=NC1=CC=CC1.[Ti]. The molecule has 0 aromatic rings.